The van der Waals surface area contributed by atoms with Crippen LogP contribution in [-0.2, 0) is 5.41 Å². The van der Waals surface area contributed by atoms with Gasteiger partial charge in [-0.25, -0.2) is 0 Å². The van der Waals surface area contributed by atoms with Gasteiger partial charge in [0.15, 0.2) is 11.5 Å². The summed E-state index contributed by atoms with van der Waals surface area (Å²) in [7, 11) is 5.39. The summed E-state index contributed by atoms with van der Waals surface area (Å²) in [4.78, 5) is 2.44. The molecule has 1 aliphatic carbocycles. The van der Waals surface area contributed by atoms with E-state index >= 15 is 0 Å². The van der Waals surface area contributed by atoms with E-state index in [9.17, 15) is 5.26 Å². The molecule has 3 rings (SSSR count). The second-order valence-corrected chi connectivity index (χ2v) is 6.14. The third-order valence-electron chi connectivity index (χ3n) is 5.16. The summed E-state index contributed by atoms with van der Waals surface area (Å²) in [6, 6.07) is 6.75. The van der Waals surface area contributed by atoms with Gasteiger partial charge in [-0.3, -0.25) is 0 Å². The molecule has 4 nitrogen and oxygen atoms in total. The molecule has 1 heterocycles. The summed E-state index contributed by atoms with van der Waals surface area (Å²) in [6.07, 6.45) is 7.97. The smallest absolute Gasteiger partial charge is 0.178 e. The van der Waals surface area contributed by atoms with Gasteiger partial charge in [0.25, 0.3) is 0 Å². The van der Waals surface area contributed by atoms with Crippen molar-refractivity contribution in [3.05, 3.63) is 35.4 Å². The molecule has 0 amide bonds. The predicted molar refractivity (Wildman–Crippen MR) is 85.3 cm³/mol. The zero-order chi connectivity index (χ0) is 15.7. The minimum absolute atomic E-state index is 0.0157. The normalized spacial score (nSPS) is 27.3. The summed E-state index contributed by atoms with van der Waals surface area (Å²) in [5, 5.41) is 9.47. The summed E-state index contributed by atoms with van der Waals surface area (Å²) in [5.74, 6) is 1.16. The fourth-order valence-corrected chi connectivity index (χ4v) is 4.05. The number of likely N-dealkylation sites (N-methyl/N-ethyl adjacent to an activating group) is 1. The molecule has 0 bridgehead atoms. The average molecular weight is 298 g/mol. The quantitative estimate of drug-likeness (QED) is 0.805. The highest BCUT2D eigenvalue weighted by atomic mass is 16.5. The molecule has 2 aliphatic rings. The van der Waals surface area contributed by atoms with Crippen molar-refractivity contribution in [2.24, 2.45) is 0 Å². The highest BCUT2D eigenvalue weighted by Gasteiger charge is 2.46. The molecule has 116 valence electrons. The first-order chi connectivity index (χ1) is 10.7. The molecule has 2 atom stereocenters. The molecule has 0 saturated carbocycles. The summed E-state index contributed by atoms with van der Waals surface area (Å²) in [6.45, 7) is 1.07. The summed E-state index contributed by atoms with van der Waals surface area (Å²) in [5.41, 5.74) is 1.68. The Morgan fingerprint density at radius 3 is 2.82 bits per heavy atom. The van der Waals surface area contributed by atoms with Crippen molar-refractivity contribution in [3.8, 4) is 17.6 Å². The minimum Gasteiger partial charge on any atom is -0.493 e. The van der Waals surface area contributed by atoms with Gasteiger partial charge in [0.1, 0.15) is 6.07 Å². The molecule has 0 unspecified atom stereocenters. The van der Waals surface area contributed by atoms with Gasteiger partial charge in [-0.05, 0) is 50.6 Å². The molecule has 0 aromatic heterocycles. The number of nitriles is 1. The van der Waals surface area contributed by atoms with Crippen molar-refractivity contribution in [2.45, 2.75) is 30.7 Å². The third-order valence-corrected chi connectivity index (χ3v) is 5.16. The highest BCUT2D eigenvalue weighted by molar-refractivity contribution is 5.57. The van der Waals surface area contributed by atoms with E-state index in [-0.39, 0.29) is 5.41 Å². The van der Waals surface area contributed by atoms with Gasteiger partial charge in [-0.1, -0.05) is 12.2 Å². The molecule has 0 N–H and O–H groups in total. The predicted octanol–water partition coefficient (Wildman–Crippen LogP) is 2.87. The van der Waals surface area contributed by atoms with Gasteiger partial charge >= 0.3 is 0 Å². The van der Waals surface area contributed by atoms with Crippen LogP contribution in [0.2, 0.25) is 0 Å². The first-order valence-corrected chi connectivity index (χ1v) is 7.71. The molecule has 1 aromatic carbocycles. The van der Waals surface area contributed by atoms with E-state index in [1.807, 2.05) is 12.1 Å². The van der Waals surface area contributed by atoms with Crippen LogP contribution < -0.4 is 9.47 Å². The van der Waals surface area contributed by atoms with Crippen LogP contribution in [0.3, 0.4) is 0 Å². The number of hydrogen-bond acceptors (Lipinski definition) is 4. The molecule has 0 spiro atoms. The number of fused-ring (bicyclic) bond motifs is 1. The lowest BCUT2D eigenvalue weighted by molar-refractivity contribution is 0.248. The van der Waals surface area contributed by atoms with Gasteiger partial charge < -0.3 is 14.4 Å². The van der Waals surface area contributed by atoms with E-state index in [1.165, 1.54) is 0 Å². The number of methoxy groups -OCH3 is 2. The largest absolute Gasteiger partial charge is 0.493 e. The second-order valence-electron chi connectivity index (χ2n) is 6.14. The van der Waals surface area contributed by atoms with Crippen molar-refractivity contribution < 1.29 is 9.47 Å². The number of allylic oxidation sites excluding steroid dienone is 1. The Morgan fingerprint density at radius 2 is 2.14 bits per heavy atom. The molecule has 1 aromatic rings. The topological polar surface area (TPSA) is 45.5 Å². The standard InChI is InChI=1S/C18H22N2O2/c1-20-9-8-18(7-5-4-6-16(18)20)14-10-13(12-19)17(22-3)15(11-14)21-2/h5,7,10-11,16H,4,6,8-9H2,1-3H3/t16-,18-/m0/s1. The van der Waals surface area contributed by atoms with Crippen molar-refractivity contribution in [2.75, 3.05) is 27.8 Å². The van der Waals surface area contributed by atoms with Crippen molar-refractivity contribution in [1.29, 1.82) is 5.26 Å². The van der Waals surface area contributed by atoms with E-state index in [2.05, 4.69) is 30.2 Å². The zero-order valence-electron chi connectivity index (χ0n) is 13.4. The zero-order valence-corrected chi connectivity index (χ0v) is 13.4. The van der Waals surface area contributed by atoms with E-state index in [4.69, 9.17) is 9.47 Å². The highest BCUT2D eigenvalue weighted by Crippen LogP contribution is 2.47. The molecule has 0 radical (unpaired) electrons. The Hall–Kier alpha value is -1.99. The molecule has 4 heteroatoms. The average Bonchev–Trinajstić information content (AvgIpc) is 2.92. The van der Waals surface area contributed by atoms with Gasteiger partial charge in [-0.15, -0.1) is 0 Å². The lowest BCUT2D eigenvalue weighted by atomic mass is 9.69. The molecule has 1 saturated heterocycles. The van der Waals surface area contributed by atoms with Crippen molar-refractivity contribution in [1.82, 2.24) is 4.90 Å². The first-order valence-electron chi connectivity index (χ1n) is 7.71. The van der Waals surface area contributed by atoms with E-state index in [0.717, 1.165) is 31.4 Å². The maximum absolute atomic E-state index is 9.47. The third kappa shape index (κ3) is 2.08. The minimum atomic E-state index is -0.0157. The fourth-order valence-electron chi connectivity index (χ4n) is 4.05. The number of benzene rings is 1. The van der Waals surface area contributed by atoms with Gasteiger partial charge in [0.2, 0.25) is 0 Å². The van der Waals surface area contributed by atoms with E-state index < -0.39 is 0 Å². The van der Waals surface area contributed by atoms with Crippen LogP contribution in [0.25, 0.3) is 0 Å². The maximum Gasteiger partial charge on any atom is 0.178 e. The Bertz CT molecular complexity index is 647. The molecule has 1 fully saturated rings. The Balaban J connectivity index is 2.17. The number of rotatable bonds is 3. The van der Waals surface area contributed by atoms with Gasteiger partial charge in [0.05, 0.1) is 19.8 Å². The van der Waals surface area contributed by atoms with E-state index in [0.29, 0.717) is 23.1 Å². The van der Waals surface area contributed by atoms with Crippen LogP contribution in [0.5, 0.6) is 11.5 Å². The number of likely N-dealkylation sites (tertiary alicyclic amines) is 1. The van der Waals surface area contributed by atoms with Crippen LogP contribution in [0.4, 0.5) is 0 Å². The Morgan fingerprint density at radius 1 is 1.32 bits per heavy atom. The van der Waals surface area contributed by atoms with Gasteiger partial charge in [-0.2, -0.15) is 5.26 Å². The number of hydrogen-bond donors (Lipinski definition) is 0. The Kier molecular flexibility index (Phi) is 3.84. The number of ether oxygens (including phenoxy) is 2. The molecular formula is C18H22N2O2. The summed E-state index contributed by atoms with van der Waals surface area (Å²) < 4.78 is 10.8. The fraction of sp³-hybridized carbons (Fsp3) is 0.500. The van der Waals surface area contributed by atoms with E-state index in [1.54, 1.807) is 14.2 Å². The van der Waals surface area contributed by atoms with Crippen LogP contribution in [0.1, 0.15) is 30.4 Å². The molecule has 22 heavy (non-hydrogen) atoms. The Labute approximate surface area is 131 Å². The van der Waals surface area contributed by atoms with Crippen LogP contribution in [0.15, 0.2) is 24.3 Å². The SMILES string of the molecule is COc1cc([C@@]23C=CCC[C@@H]2N(C)CC3)cc(C#N)c1OC. The second kappa shape index (κ2) is 5.66. The maximum atomic E-state index is 9.47. The first kappa shape index (κ1) is 14.9. The number of nitrogens with zero attached hydrogens (tertiary/aromatic N) is 2. The van der Waals surface area contributed by atoms with Crippen LogP contribution >= 0.6 is 0 Å². The molecule has 1 aliphatic heterocycles. The van der Waals surface area contributed by atoms with Crippen molar-refractivity contribution >= 4 is 0 Å². The van der Waals surface area contributed by atoms with Crippen LogP contribution in [0, 0.1) is 11.3 Å². The summed E-state index contributed by atoms with van der Waals surface area (Å²) >= 11 is 0. The lowest BCUT2D eigenvalue weighted by Gasteiger charge is -2.38. The lowest BCUT2D eigenvalue weighted by Crippen LogP contribution is -2.41. The van der Waals surface area contributed by atoms with Gasteiger partial charge in [0, 0.05) is 11.5 Å². The van der Waals surface area contributed by atoms with Crippen molar-refractivity contribution in [3.63, 3.8) is 0 Å². The monoisotopic (exact) mass is 298 g/mol. The molecular weight excluding hydrogens is 276 g/mol. The van der Waals surface area contributed by atoms with Crippen LogP contribution in [-0.4, -0.2) is 38.8 Å².